The Labute approximate surface area is 153 Å². The molecule has 140 valence electrons. The van der Waals surface area contributed by atoms with Gasteiger partial charge < -0.3 is 14.4 Å². The van der Waals surface area contributed by atoms with Gasteiger partial charge in [-0.2, -0.15) is 5.26 Å². The van der Waals surface area contributed by atoms with Crippen molar-refractivity contribution in [3.63, 3.8) is 0 Å². The standard InChI is InChI=1S/C17H15N3O7/c1-3-19(4-2)17(23)11(9-18)5-10-6-12(20(24)25)16-13(7-10)26-14(21)8-15(22)27-16/h5-7H,3-4,8H2,1-2H3/b11-5+. The van der Waals surface area contributed by atoms with E-state index >= 15 is 0 Å². The molecule has 0 radical (unpaired) electrons. The maximum Gasteiger partial charge on any atom is 0.322 e. The van der Waals surface area contributed by atoms with Gasteiger partial charge in [0.05, 0.1) is 4.92 Å². The summed E-state index contributed by atoms with van der Waals surface area (Å²) in [5.74, 6) is -3.29. The second-order valence-electron chi connectivity index (χ2n) is 5.40. The molecule has 27 heavy (non-hydrogen) atoms. The van der Waals surface area contributed by atoms with Crippen molar-refractivity contribution >= 4 is 29.6 Å². The molecule has 1 aromatic carbocycles. The average Bonchev–Trinajstić information content (AvgIpc) is 2.75. The number of nitriles is 1. The molecule has 1 heterocycles. The van der Waals surface area contributed by atoms with E-state index in [2.05, 4.69) is 0 Å². The first kappa shape index (κ1) is 19.6. The van der Waals surface area contributed by atoms with E-state index in [-0.39, 0.29) is 16.9 Å². The van der Waals surface area contributed by atoms with Crippen LogP contribution in [0.25, 0.3) is 6.08 Å². The molecule has 1 aromatic rings. The molecule has 0 aromatic heterocycles. The second kappa shape index (κ2) is 8.09. The Morgan fingerprint density at radius 2 is 1.93 bits per heavy atom. The van der Waals surface area contributed by atoms with E-state index < -0.39 is 40.6 Å². The Balaban J connectivity index is 2.58. The van der Waals surface area contributed by atoms with Crippen molar-refractivity contribution in [1.29, 1.82) is 5.26 Å². The number of likely N-dealkylation sites (N-methyl/N-ethyl adjacent to an activating group) is 1. The van der Waals surface area contributed by atoms with Crippen molar-refractivity contribution in [1.82, 2.24) is 4.90 Å². The molecule has 0 saturated heterocycles. The quantitative estimate of drug-likeness (QED) is 0.144. The first-order valence-electron chi connectivity index (χ1n) is 7.95. The van der Waals surface area contributed by atoms with Crippen LogP contribution in [0.3, 0.4) is 0 Å². The highest BCUT2D eigenvalue weighted by molar-refractivity contribution is 6.02. The van der Waals surface area contributed by atoms with Gasteiger partial charge in [-0.3, -0.25) is 24.5 Å². The summed E-state index contributed by atoms with van der Waals surface area (Å²) in [7, 11) is 0. The number of amides is 1. The lowest BCUT2D eigenvalue weighted by molar-refractivity contribution is -0.385. The van der Waals surface area contributed by atoms with Crippen molar-refractivity contribution < 1.29 is 28.8 Å². The number of hydrogen-bond acceptors (Lipinski definition) is 8. The summed E-state index contributed by atoms with van der Waals surface area (Å²) in [6.45, 7) is 4.26. The summed E-state index contributed by atoms with van der Waals surface area (Å²) in [5.41, 5.74) is -0.803. The fraction of sp³-hybridized carbons (Fsp3) is 0.294. The number of benzene rings is 1. The highest BCUT2D eigenvalue weighted by Gasteiger charge is 2.30. The van der Waals surface area contributed by atoms with E-state index in [1.54, 1.807) is 19.9 Å². The van der Waals surface area contributed by atoms with Crippen molar-refractivity contribution in [2.75, 3.05) is 13.1 Å². The fourth-order valence-electron chi connectivity index (χ4n) is 2.42. The minimum atomic E-state index is -0.987. The third-order valence-electron chi connectivity index (χ3n) is 3.70. The van der Waals surface area contributed by atoms with E-state index in [0.717, 1.165) is 12.1 Å². The van der Waals surface area contributed by atoms with Gasteiger partial charge in [0.1, 0.15) is 18.1 Å². The molecule has 0 unspecified atom stereocenters. The Morgan fingerprint density at radius 3 is 2.48 bits per heavy atom. The SMILES string of the molecule is CCN(CC)C(=O)/C(C#N)=C/c1cc2c(c([N+](=O)[O-])c1)OC(=O)CC(=O)O2. The van der Waals surface area contributed by atoms with E-state index in [1.807, 2.05) is 0 Å². The number of carbonyl (C=O) groups is 3. The van der Waals surface area contributed by atoms with Gasteiger partial charge in [0.15, 0.2) is 5.75 Å². The van der Waals surface area contributed by atoms with E-state index in [1.165, 1.54) is 11.0 Å². The minimum absolute atomic E-state index is 0.0725. The third-order valence-corrected chi connectivity index (χ3v) is 3.70. The number of rotatable bonds is 5. The molecule has 0 N–H and O–H groups in total. The molecule has 0 fully saturated rings. The number of esters is 2. The van der Waals surface area contributed by atoms with Crippen LogP contribution in [0.2, 0.25) is 0 Å². The zero-order valence-electron chi connectivity index (χ0n) is 14.6. The normalized spacial score (nSPS) is 13.6. The zero-order chi connectivity index (χ0) is 20.1. The van der Waals surface area contributed by atoms with E-state index in [9.17, 15) is 29.8 Å². The Morgan fingerprint density at radius 1 is 1.30 bits per heavy atom. The van der Waals surface area contributed by atoms with Crippen LogP contribution in [0.1, 0.15) is 25.8 Å². The minimum Gasteiger partial charge on any atom is -0.422 e. The van der Waals surface area contributed by atoms with Crippen LogP contribution in [0, 0.1) is 21.4 Å². The van der Waals surface area contributed by atoms with E-state index in [4.69, 9.17) is 9.47 Å². The fourth-order valence-corrected chi connectivity index (χ4v) is 2.42. The van der Waals surface area contributed by atoms with Crippen LogP contribution < -0.4 is 9.47 Å². The number of fused-ring (bicyclic) bond motifs is 1. The molecular weight excluding hydrogens is 358 g/mol. The lowest BCUT2D eigenvalue weighted by atomic mass is 10.1. The number of nitro benzene ring substituents is 1. The van der Waals surface area contributed by atoms with Gasteiger partial charge in [-0.1, -0.05) is 0 Å². The third kappa shape index (κ3) is 4.27. The monoisotopic (exact) mass is 373 g/mol. The first-order valence-corrected chi connectivity index (χ1v) is 7.95. The van der Waals surface area contributed by atoms with Crippen LogP contribution in [-0.4, -0.2) is 40.8 Å². The Hall–Kier alpha value is -3.74. The molecule has 2 rings (SSSR count). The summed E-state index contributed by atoms with van der Waals surface area (Å²) in [6.07, 6.45) is 0.454. The van der Waals surface area contributed by atoms with Crippen molar-refractivity contribution in [2.24, 2.45) is 0 Å². The van der Waals surface area contributed by atoms with Gasteiger partial charge in [-0.05, 0) is 31.6 Å². The molecule has 0 bridgehead atoms. The van der Waals surface area contributed by atoms with Gasteiger partial charge in [-0.15, -0.1) is 0 Å². The van der Waals surface area contributed by atoms with Gasteiger partial charge in [-0.25, -0.2) is 0 Å². The lowest BCUT2D eigenvalue weighted by Gasteiger charge is -2.17. The van der Waals surface area contributed by atoms with Gasteiger partial charge in [0.25, 0.3) is 11.7 Å². The molecule has 0 atom stereocenters. The maximum atomic E-state index is 12.3. The van der Waals surface area contributed by atoms with Crippen LogP contribution in [0.4, 0.5) is 5.69 Å². The number of ether oxygens (including phenoxy) is 2. The highest BCUT2D eigenvalue weighted by Crippen LogP contribution is 2.40. The molecule has 0 aliphatic carbocycles. The predicted molar refractivity (Wildman–Crippen MR) is 90.5 cm³/mol. The van der Waals surface area contributed by atoms with Crippen molar-refractivity contribution in [3.8, 4) is 17.6 Å². The summed E-state index contributed by atoms with van der Waals surface area (Å²) in [4.78, 5) is 47.4. The number of nitrogens with zero attached hydrogens (tertiary/aromatic N) is 3. The topological polar surface area (TPSA) is 140 Å². The van der Waals surface area contributed by atoms with Gasteiger partial charge in [0.2, 0.25) is 0 Å². The van der Waals surface area contributed by atoms with Crippen LogP contribution >= 0.6 is 0 Å². The van der Waals surface area contributed by atoms with Crippen LogP contribution in [0.15, 0.2) is 17.7 Å². The summed E-state index contributed by atoms with van der Waals surface area (Å²) in [6, 6.07) is 3.98. The van der Waals surface area contributed by atoms with Gasteiger partial charge >= 0.3 is 17.6 Å². The molecule has 0 spiro atoms. The predicted octanol–water partition coefficient (Wildman–Crippen LogP) is 1.58. The molecule has 1 amide bonds. The summed E-state index contributed by atoms with van der Waals surface area (Å²) >= 11 is 0. The first-order chi connectivity index (χ1) is 12.8. The number of carbonyl (C=O) groups excluding carboxylic acids is 3. The van der Waals surface area contributed by atoms with Crippen molar-refractivity contribution in [3.05, 3.63) is 33.4 Å². The Bertz CT molecular complexity index is 895. The summed E-state index contributed by atoms with van der Waals surface area (Å²) < 4.78 is 9.77. The van der Waals surface area contributed by atoms with E-state index in [0.29, 0.717) is 13.1 Å². The molecule has 10 heteroatoms. The van der Waals surface area contributed by atoms with Gasteiger partial charge in [0, 0.05) is 19.2 Å². The zero-order valence-corrected chi connectivity index (χ0v) is 14.6. The van der Waals surface area contributed by atoms with Crippen molar-refractivity contribution in [2.45, 2.75) is 20.3 Å². The smallest absolute Gasteiger partial charge is 0.322 e. The Kier molecular flexibility index (Phi) is 5.87. The molecule has 1 aliphatic rings. The largest absolute Gasteiger partial charge is 0.422 e. The molecule has 10 nitrogen and oxygen atoms in total. The average molecular weight is 373 g/mol. The second-order valence-corrected chi connectivity index (χ2v) is 5.40. The molecule has 0 saturated carbocycles. The van der Waals surface area contributed by atoms with Crippen LogP contribution in [0.5, 0.6) is 11.5 Å². The number of hydrogen-bond donors (Lipinski definition) is 0. The highest BCUT2D eigenvalue weighted by atomic mass is 16.6. The summed E-state index contributed by atoms with van der Waals surface area (Å²) in [5, 5.41) is 20.6. The van der Waals surface area contributed by atoms with Crippen LogP contribution in [-0.2, 0) is 14.4 Å². The molecule has 1 aliphatic heterocycles. The number of nitro groups is 1. The maximum absolute atomic E-state index is 12.3. The molecular formula is C17H15N3O7. The lowest BCUT2D eigenvalue weighted by Crippen LogP contribution is -2.31.